The topological polar surface area (TPSA) is 77.8 Å². The summed E-state index contributed by atoms with van der Waals surface area (Å²) in [6.07, 6.45) is 0. The molecular weight excluding hydrogens is 218 g/mol. The largest absolute Gasteiger partial charge is 0.494 e. The van der Waals surface area contributed by atoms with Gasteiger partial charge in [0.15, 0.2) is 11.6 Å². The molecule has 0 aliphatic rings. The van der Waals surface area contributed by atoms with Gasteiger partial charge in [-0.25, -0.2) is 0 Å². The van der Waals surface area contributed by atoms with Gasteiger partial charge in [0.1, 0.15) is 0 Å². The molecule has 1 aromatic carbocycles. The zero-order valence-corrected chi connectivity index (χ0v) is 9.21. The molecule has 0 spiro atoms. The van der Waals surface area contributed by atoms with Gasteiger partial charge in [-0.05, 0) is 25.1 Å². The van der Waals surface area contributed by atoms with Crippen molar-refractivity contribution in [2.24, 2.45) is 10.2 Å². The first-order valence-corrected chi connectivity index (χ1v) is 5.06. The van der Waals surface area contributed by atoms with E-state index in [1.807, 2.05) is 18.2 Å². The number of aromatic nitrogens is 1. The fraction of sp³-hybridized carbons (Fsp3) is 0.0833. The molecule has 2 rings (SSSR count). The van der Waals surface area contributed by atoms with Gasteiger partial charge in [0.05, 0.1) is 5.69 Å². The number of pyridine rings is 1. The van der Waals surface area contributed by atoms with E-state index < -0.39 is 5.56 Å². The first-order valence-electron chi connectivity index (χ1n) is 5.06. The molecule has 86 valence electrons. The van der Waals surface area contributed by atoms with Crippen LogP contribution in [-0.4, -0.2) is 10.1 Å². The van der Waals surface area contributed by atoms with E-state index >= 15 is 0 Å². The predicted molar refractivity (Wildman–Crippen MR) is 64.1 cm³/mol. The van der Waals surface area contributed by atoms with E-state index in [1.165, 1.54) is 6.07 Å². The summed E-state index contributed by atoms with van der Waals surface area (Å²) >= 11 is 0. The number of nitrogens with one attached hydrogen (secondary N) is 1. The van der Waals surface area contributed by atoms with Crippen molar-refractivity contribution < 1.29 is 5.11 Å². The fourth-order valence-electron chi connectivity index (χ4n) is 1.29. The predicted octanol–water partition coefficient (Wildman–Crippen LogP) is 2.80. The van der Waals surface area contributed by atoms with Gasteiger partial charge in [0.2, 0.25) is 0 Å². The van der Waals surface area contributed by atoms with Crippen molar-refractivity contribution in [3.8, 4) is 5.88 Å². The van der Waals surface area contributed by atoms with Crippen LogP contribution in [0.3, 0.4) is 0 Å². The summed E-state index contributed by atoms with van der Waals surface area (Å²) in [4.78, 5) is 13.7. The SMILES string of the molecule is Cc1cc(N=Nc2ccccc2)c(=O)[nH]c1O. The first-order chi connectivity index (χ1) is 8.16. The number of H-pyrrole nitrogens is 1. The average Bonchev–Trinajstić information content (AvgIpc) is 2.33. The molecule has 0 aliphatic heterocycles. The van der Waals surface area contributed by atoms with E-state index in [-0.39, 0.29) is 11.6 Å². The quantitative estimate of drug-likeness (QED) is 0.776. The van der Waals surface area contributed by atoms with Crippen LogP contribution in [0.5, 0.6) is 5.88 Å². The molecule has 5 nitrogen and oxygen atoms in total. The zero-order valence-electron chi connectivity index (χ0n) is 9.21. The highest BCUT2D eigenvalue weighted by Gasteiger charge is 2.03. The molecule has 0 fully saturated rings. The maximum Gasteiger partial charge on any atom is 0.278 e. The highest BCUT2D eigenvalue weighted by molar-refractivity contribution is 5.42. The summed E-state index contributed by atoms with van der Waals surface area (Å²) in [5.41, 5.74) is 0.918. The lowest BCUT2D eigenvalue weighted by molar-refractivity contribution is 0.447. The van der Waals surface area contributed by atoms with Gasteiger partial charge < -0.3 is 5.11 Å². The number of aryl methyl sites for hydroxylation is 1. The summed E-state index contributed by atoms with van der Waals surface area (Å²) in [6.45, 7) is 1.67. The van der Waals surface area contributed by atoms with E-state index in [9.17, 15) is 9.90 Å². The Morgan fingerprint density at radius 3 is 2.59 bits per heavy atom. The second-order valence-corrected chi connectivity index (χ2v) is 3.55. The van der Waals surface area contributed by atoms with Crippen molar-refractivity contribution in [3.05, 3.63) is 52.3 Å². The van der Waals surface area contributed by atoms with Crippen molar-refractivity contribution in [2.75, 3.05) is 0 Å². The molecule has 0 radical (unpaired) electrons. The smallest absolute Gasteiger partial charge is 0.278 e. The molecular formula is C12H11N3O2. The van der Waals surface area contributed by atoms with Crippen molar-refractivity contribution >= 4 is 11.4 Å². The number of aromatic amines is 1. The molecule has 2 aromatic rings. The minimum absolute atomic E-state index is 0.145. The standard InChI is InChI=1S/C12H11N3O2/c1-8-7-10(12(17)13-11(8)16)15-14-9-5-3-2-4-6-9/h2-7H,1H3,(H2,13,16,17). The molecule has 2 N–H and O–H groups in total. The summed E-state index contributed by atoms with van der Waals surface area (Å²) in [6, 6.07) is 10.6. The summed E-state index contributed by atoms with van der Waals surface area (Å²) < 4.78 is 0. The maximum atomic E-state index is 11.4. The lowest BCUT2D eigenvalue weighted by atomic mass is 10.3. The van der Waals surface area contributed by atoms with E-state index in [1.54, 1.807) is 19.1 Å². The normalized spacial score (nSPS) is 10.9. The summed E-state index contributed by atoms with van der Waals surface area (Å²) in [5.74, 6) is -0.145. The van der Waals surface area contributed by atoms with E-state index in [0.717, 1.165) is 0 Å². The fourth-order valence-corrected chi connectivity index (χ4v) is 1.29. The van der Waals surface area contributed by atoms with Gasteiger partial charge in [-0.15, -0.1) is 5.11 Å². The second-order valence-electron chi connectivity index (χ2n) is 3.55. The molecule has 0 saturated carbocycles. The number of rotatable bonds is 2. The van der Waals surface area contributed by atoms with Crippen molar-refractivity contribution in [1.29, 1.82) is 0 Å². The lowest BCUT2D eigenvalue weighted by Gasteiger charge is -1.98. The Kier molecular flexibility index (Phi) is 3.00. The van der Waals surface area contributed by atoms with Crippen molar-refractivity contribution in [1.82, 2.24) is 4.98 Å². The van der Waals surface area contributed by atoms with Gasteiger partial charge in [-0.1, -0.05) is 18.2 Å². The van der Waals surface area contributed by atoms with Crippen LogP contribution in [0.2, 0.25) is 0 Å². The summed E-state index contributed by atoms with van der Waals surface area (Å²) in [5, 5.41) is 17.1. The minimum atomic E-state index is -0.465. The number of hydrogen-bond acceptors (Lipinski definition) is 4. The van der Waals surface area contributed by atoms with Crippen LogP contribution in [0.1, 0.15) is 5.56 Å². The van der Waals surface area contributed by atoms with Crippen LogP contribution >= 0.6 is 0 Å². The van der Waals surface area contributed by atoms with Crippen LogP contribution in [0, 0.1) is 6.92 Å². The molecule has 0 bridgehead atoms. The molecule has 1 heterocycles. The Labute approximate surface area is 97.5 Å². The Morgan fingerprint density at radius 1 is 1.18 bits per heavy atom. The molecule has 0 saturated heterocycles. The average molecular weight is 229 g/mol. The molecule has 17 heavy (non-hydrogen) atoms. The summed E-state index contributed by atoms with van der Waals surface area (Å²) in [7, 11) is 0. The van der Waals surface area contributed by atoms with E-state index in [0.29, 0.717) is 11.3 Å². The number of hydrogen-bond donors (Lipinski definition) is 2. The molecule has 1 aromatic heterocycles. The van der Waals surface area contributed by atoms with Crippen LogP contribution in [-0.2, 0) is 0 Å². The van der Waals surface area contributed by atoms with Crippen molar-refractivity contribution in [3.63, 3.8) is 0 Å². The monoisotopic (exact) mass is 229 g/mol. The van der Waals surface area contributed by atoms with Gasteiger partial charge in [0.25, 0.3) is 5.56 Å². The lowest BCUT2D eigenvalue weighted by Crippen LogP contribution is -2.04. The van der Waals surface area contributed by atoms with Gasteiger partial charge in [-0.3, -0.25) is 9.78 Å². The highest BCUT2D eigenvalue weighted by Crippen LogP contribution is 2.18. The third-order valence-corrected chi connectivity index (χ3v) is 2.22. The van der Waals surface area contributed by atoms with Gasteiger partial charge >= 0.3 is 0 Å². The second kappa shape index (κ2) is 4.61. The number of azo groups is 1. The number of aromatic hydroxyl groups is 1. The Morgan fingerprint density at radius 2 is 1.88 bits per heavy atom. The molecule has 0 unspecified atom stereocenters. The highest BCUT2D eigenvalue weighted by atomic mass is 16.3. The molecule has 0 atom stereocenters. The Balaban J connectivity index is 2.34. The Hall–Kier alpha value is -2.43. The molecule has 5 heteroatoms. The maximum absolute atomic E-state index is 11.4. The van der Waals surface area contributed by atoms with E-state index in [4.69, 9.17) is 0 Å². The van der Waals surface area contributed by atoms with E-state index in [2.05, 4.69) is 15.2 Å². The molecule has 0 aliphatic carbocycles. The first kappa shape index (κ1) is 11.1. The van der Waals surface area contributed by atoms with Crippen molar-refractivity contribution in [2.45, 2.75) is 6.92 Å². The van der Waals surface area contributed by atoms with Crippen LogP contribution in [0.4, 0.5) is 11.4 Å². The molecule has 0 amide bonds. The Bertz CT molecular complexity index is 603. The van der Waals surface area contributed by atoms with Crippen LogP contribution in [0.15, 0.2) is 51.4 Å². The number of benzene rings is 1. The number of nitrogens with zero attached hydrogens (tertiary/aromatic N) is 2. The van der Waals surface area contributed by atoms with Gasteiger partial charge in [-0.2, -0.15) is 5.11 Å². The zero-order chi connectivity index (χ0) is 12.3. The minimum Gasteiger partial charge on any atom is -0.494 e. The third kappa shape index (κ3) is 2.57. The van der Waals surface area contributed by atoms with Gasteiger partial charge in [0, 0.05) is 5.56 Å². The van der Waals surface area contributed by atoms with Crippen LogP contribution in [0.25, 0.3) is 0 Å². The van der Waals surface area contributed by atoms with Crippen LogP contribution < -0.4 is 5.56 Å². The third-order valence-electron chi connectivity index (χ3n) is 2.22.